The van der Waals surface area contributed by atoms with Gasteiger partial charge in [0.15, 0.2) is 0 Å². The molecule has 0 aromatic heterocycles. The predicted molar refractivity (Wildman–Crippen MR) is 102 cm³/mol. The van der Waals surface area contributed by atoms with Crippen LogP contribution in [-0.4, -0.2) is 52.6 Å². The predicted octanol–water partition coefficient (Wildman–Crippen LogP) is 4.01. The highest BCUT2D eigenvalue weighted by Gasteiger charge is 2.29. The number of allylic oxidation sites excluding steroid dienone is 1. The normalized spacial score (nSPS) is 26.8. The Hall–Kier alpha value is -1.43. The third-order valence-corrected chi connectivity index (χ3v) is 5.67. The van der Waals surface area contributed by atoms with Gasteiger partial charge in [0.05, 0.1) is 22.9 Å². The van der Waals surface area contributed by atoms with Crippen LogP contribution in [0.25, 0.3) is 0 Å². The average molecular weight is 365 g/mol. The maximum absolute atomic E-state index is 12.1. The van der Waals surface area contributed by atoms with Crippen molar-refractivity contribution in [1.29, 1.82) is 0 Å². The van der Waals surface area contributed by atoms with E-state index >= 15 is 0 Å². The Balaban J connectivity index is 1.42. The molecular weight excluding hydrogens is 336 g/mol. The first-order valence-electron chi connectivity index (χ1n) is 9.02. The molecule has 0 aromatic rings. The molecule has 138 valence electrons. The van der Waals surface area contributed by atoms with Crippen molar-refractivity contribution in [2.75, 3.05) is 19.7 Å². The minimum absolute atomic E-state index is 0.206. The van der Waals surface area contributed by atoms with Crippen LogP contribution < -0.4 is 0 Å². The van der Waals surface area contributed by atoms with E-state index in [0.717, 1.165) is 36.7 Å². The van der Waals surface area contributed by atoms with E-state index in [4.69, 9.17) is 9.47 Å². The van der Waals surface area contributed by atoms with E-state index in [0.29, 0.717) is 17.8 Å². The third kappa shape index (κ3) is 5.03. The summed E-state index contributed by atoms with van der Waals surface area (Å²) in [5, 5.41) is 1.58. The standard InChI is InChI=1S/C19H28N2O3S/c1-13-20-16-11-15(5-6-17(16)25-13)23-12-14-7-9-21(10-8-14)18(22)24-19(2,3)4/h5-6,11,14,16-17H,7-10,12H2,1-4H3/t16-,17+/m1/s1. The van der Waals surface area contributed by atoms with E-state index < -0.39 is 5.60 Å². The first-order chi connectivity index (χ1) is 11.8. The van der Waals surface area contributed by atoms with Crippen molar-refractivity contribution in [3.8, 4) is 0 Å². The number of thioether (sulfide) groups is 1. The molecule has 0 radical (unpaired) electrons. The summed E-state index contributed by atoms with van der Waals surface area (Å²) in [6, 6.07) is 0.221. The highest BCUT2D eigenvalue weighted by Crippen LogP contribution is 2.32. The number of piperidine rings is 1. The number of hydrogen-bond donors (Lipinski definition) is 0. The lowest BCUT2D eigenvalue weighted by atomic mass is 9.98. The fraction of sp³-hybridized carbons (Fsp3) is 0.684. The summed E-state index contributed by atoms with van der Waals surface area (Å²) in [6.45, 7) is 9.93. The van der Waals surface area contributed by atoms with Crippen LogP contribution in [0.5, 0.6) is 0 Å². The Kier molecular flexibility index (Phi) is 5.46. The summed E-state index contributed by atoms with van der Waals surface area (Å²) in [7, 11) is 0. The van der Waals surface area contributed by atoms with Gasteiger partial charge in [-0.2, -0.15) is 0 Å². The molecule has 1 fully saturated rings. The third-order valence-electron chi connectivity index (χ3n) is 4.51. The molecule has 0 unspecified atom stereocenters. The molecule has 0 N–H and O–H groups in total. The average Bonchev–Trinajstić information content (AvgIpc) is 2.91. The number of nitrogens with zero attached hydrogens (tertiary/aromatic N) is 2. The summed E-state index contributed by atoms with van der Waals surface area (Å²) < 4.78 is 11.4. The molecule has 2 atom stereocenters. The zero-order valence-corrected chi connectivity index (χ0v) is 16.3. The molecule has 3 aliphatic rings. The second-order valence-electron chi connectivity index (χ2n) is 7.87. The fourth-order valence-corrected chi connectivity index (χ4v) is 4.21. The van der Waals surface area contributed by atoms with Gasteiger partial charge >= 0.3 is 6.09 Å². The van der Waals surface area contributed by atoms with Crippen LogP contribution in [0.2, 0.25) is 0 Å². The summed E-state index contributed by atoms with van der Waals surface area (Å²) in [5.41, 5.74) is -0.436. The van der Waals surface area contributed by atoms with Gasteiger partial charge in [0, 0.05) is 13.1 Å². The molecule has 2 heterocycles. The maximum atomic E-state index is 12.1. The van der Waals surface area contributed by atoms with Crippen molar-refractivity contribution in [2.24, 2.45) is 10.9 Å². The van der Waals surface area contributed by atoms with Gasteiger partial charge in [-0.1, -0.05) is 6.08 Å². The van der Waals surface area contributed by atoms with Crippen molar-refractivity contribution in [2.45, 2.75) is 57.4 Å². The molecule has 0 aromatic carbocycles. The number of ether oxygens (including phenoxy) is 2. The van der Waals surface area contributed by atoms with Crippen LogP contribution in [0, 0.1) is 5.92 Å². The lowest BCUT2D eigenvalue weighted by Crippen LogP contribution is -2.42. The van der Waals surface area contributed by atoms with E-state index in [-0.39, 0.29) is 12.1 Å². The van der Waals surface area contributed by atoms with E-state index in [1.807, 2.05) is 32.5 Å². The number of likely N-dealkylation sites (tertiary alicyclic amines) is 1. The van der Waals surface area contributed by atoms with Crippen LogP contribution in [-0.2, 0) is 9.47 Å². The molecule has 25 heavy (non-hydrogen) atoms. The topological polar surface area (TPSA) is 51.1 Å². The van der Waals surface area contributed by atoms with E-state index in [2.05, 4.69) is 30.1 Å². The molecular formula is C19H28N2O3S. The van der Waals surface area contributed by atoms with Crippen LogP contribution in [0.15, 0.2) is 29.0 Å². The van der Waals surface area contributed by atoms with Gasteiger partial charge in [0.25, 0.3) is 0 Å². The second kappa shape index (κ2) is 7.44. The fourth-order valence-electron chi connectivity index (χ4n) is 3.20. The highest BCUT2D eigenvalue weighted by atomic mass is 32.2. The Morgan fingerprint density at radius 1 is 1.36 bits per heavy atom. The quantitative estimate of drug-likeness (QED) is 0.759. The zero-order chi connectivity index (χ0) is 18.0. The number of fused-ring (bicyclic) bond motifs is 1. The van der Waals surface area contributed by atoms with Gasteiger partial charge in [-0.05, 0) is 58.6 Å². The first kappa shape index (κ1) is 18.4. The Morgan fingerprint density at radius 2 is 2.08 bits per heavy atom. The van der Waals surface area contributed by atoms with Gasteiger partial charge in [0.2, 0.25) is 0 Å². The molecule has 6 heteroatoms. The largest absolute Gasteiger partial charge is 0.494 e. The molecule has 1 aliphatic carbocycles. The van der Waals surface area contributed by atoms with Crippen molar-refractivity contribution in [1.82, 2.24) is 4.90 Å². The van der Waals surface area contributed by atoms with Crippen molar-refractivity contribution < 1.29 is 14.3 Å². The van der Waals surface area contributed by atoms with Crippen LogP contribution in [0.3, 0.4) is 0 Å². The lowest BCUT2D eigenvalue weighted by molar-refractivity contribution is 0.0150. The van der Waals surface area contributed by atoms with Crippen LogP contribution in [0.1, 0.15) is 40.5 Å². The van der Waals surface area contributed by atoms with Gasteiger partial charge < -0.3 is 14.4 Å². The molecule has 0 bridgehead atoms. The van der Waals surface area contributed by atoms with Crippen molar-refractivity contribution in [3.05, 3.63) is 24.0 Å². The zero-order valence-electron chi connectivity index (χ0n) is 15.5. The number of carbonyl (C=O) groups excluding carboxylic acids is 1. The number of rotatable bonds is 3. The van der Waals surface area contributed by atoms with Crippen molar-refractivity contribution in [3.63, 3.8) is 0 Å². The summed E-state index contributed by atoms with van der Waals surface area (Å²) in [4.78, 5) is 18.5. The lowest BCUT2D eigenvalue weighted by Gasteiger charge is -2.33. The summed E-state index contributed by atoms with van der Waals surface area (Å²) in [5.74, 6) is 1.41. The summed E-state index contributed by atoms with van der Waals surface area (Å²) >= 11 is 1.82. The molecule has 3 rings (SSSR count). The minimum Gasteiger partial charge on any atom is -0.494 e. The SMILES string of the molecule is CC1=N[C@@H]2C=C(OCC3CCN(C(=O)OC(C)(C)C)CC3)C=C[C@@H]2S1. The number of carbonyl (C=O) groups is 1. The van der Waals surface area contributed by atoms with Crippen LogP contribution in [0.4, 0.5) is 4.79 Å². The smallest absolute Gasteiger partial charge is 0.410 e. The van der Waals surface area contributed by atoms with E-state index in [9.17, 15) is 4.79 Å². The van der Waals surface area contributed by atoms with Crippen LogP contribution >= 0.6 is 11.8 Å². The number of hydrogen-bond acceptors (Lipinski definition) is 5. The van der Waals surface area contributed by atoms with E-state index in [1.165, 1.54) is 0 Å². The van der Waals surface area contributed by atoms with Gasteiger partial charge in [-0.3, -0.25) is 4.99 Å². The highest BCUT2D eigenvalue weighted by molar-refractivity contribution is 8.14. The monoisotopic (exact) mass is 364 g/mol. The van der Waals surface area contributed by atoms with Crippen molar-refractivity contribution >= 4 is 22.9 Å². The Morgan fingerprint density at radius 3 is 2.76 bits per heavy atom. The first-order valence-corrected chi connectivity index (χ1v) is 9.90. The van der Waals surface area contributed by atoms with Gasteiger partial charge in [-0.15, -0.1) is 11.8 Å². The maximum Gasteiger partial charge on any atom is 0.410 e. The van der Waals surface area contributed by atoms with E-state index in [1.54, 1.807) is 4.90 Å². The molecule has 1 saturated heterocycles. The second-order valence-corrected chi connectivity index (χ2v) is 9.24. The minimum atomic E-state index is -0.436. The Labute approximate surface area is 154 Å². The Bertz CT molecular complexity index is 598. The summed E-state index contributed by atoms with van der Waals surface area (Å²) in [6.07, 6.45) is 8.09. The number of amides is 1. The molecule has 0 spiro atoms. The van der Waals surface area contributed by atoms with Gasteiger partial charge in [0.1, 0.15) is 11.4 Å². The molecule has 1 amide bonds. The molecule has 0 saturated carbocycles. The molecule has 5 nitrogen and oxygen atoms in total. The van der Waals surface area contributed by atoms with Gasteiger partial charge in [-0.25, -0.2) is 4.79 Å². The number of aliphatic imine (C=N–C) groups is 1. The molecule has 2 aliphatic heterocycles.